The van der Waals surface area contributed by atoms with E-state index < -0.39 is 29.7 Å². The highest BCUT2D eigenvalue weighted by molar-refractivity contribution is 6.31. The number of fused-ring (bicyclic) bond motifs is 1. The third kappa shape index (κ3) is 4.57. The smallest absolute Gasteiger partial charge is 0.337 e. The van der Waals surface area contributed by atoms with Crippen molar-refractivity contribution in [1.29, 1.82) is 0 Å². The molecule has 0 bridgehead atoms. The maximum atomic E-state index is 13.2. The predicted molar refractivity (Wildman–Crippen MR) is 125 cm³/mol. The molecule has 4 rings (SSSR count). The van der Waals surface area contributed by atoms with E-state index in [1.54, 1.807) is 24.3 Å². The Balaban J connectivity index is 1.68. The fourth-order valence-electron chi connectivity index (χ4n) is 3.36. The molecule has 0 saturated carbocycles. The Morgan fingerprint density at radius 3 is 2.41 bits per heavy atom. The van der Waals surface area contributed by atoms with Gasteiger partial charge in [-0.25, -0.2) is 19.6 Å². The molecule has 0 fully saturated rings. The van der Waals surface area contributed by atoms with Crippen molar-refractivity contribution in [3.05, 3.63) is 97.9 Å². The van der Waals surface area contributed by atoms with Crippen LogP contribution in [-0.4, -0.2) is 38.1 Å². The SMILES string of the molecule is COC(=O)c1ccc(NC(=O)Cn2c(=O)n(Cc3ccccc3Cl)c(=O)c3nccnc32)cc1. The summed E-state index contributed by atoms with van der Waals surface area (Å²) in [6, 6.07) is 12.9. The van der Waals surface area contributed by atoms with Crippen LogP contribution in [-0.2, 0) is 22.6 Å². The summed E-state index contributed by atoms with van der Waals surface area (Å²) in [6.07, 6.45) is 2.67. The molecule has 2 aromatic heterocycles. The summed E-state index contributed by atoms with van der Waals surface area (Å²) in [5.41, 5.74) is -0.130. The molecule has 0 saturated heterocycles. The zero-order valence-electron chi connectivity index (χ0n) is 17.9. The van der Waals surface area contributed by atoms with Crippen molar-refractivity contribution in [2.24, 2.45) is 0 Å². The summed E-state index contributed by atoms with van der Waals surface area (Å²) in [5, 5.41) is 3.05. The number of carbonyl (C=O) groups excluding carboxylic acids is 2. The molecule has 0 unspecified atom stereocenters. The second-order valence-electron chi connectivity index (χ2n) is 7.20. The van der Waals surface area contributed by atoms with E-state index in [-0.39, 0.29) is 17.7 Å². The molecule has 0 aliphatic heterocycles. The van der Waals surface area contributed by atoms with Gasteiger partial charge in [-0.2, -0.15) is 0 Å². The van der Waals surface area contributed by atoms with Crippen molar-refractivity contribution < 1.29 is 14.3 Å². The molecule has 1 amide bonds. The van der Waals surface area contributed by atoms with Gasteiger partial charge < -0.3 is 10.1 Å². The minimum absolute atomic E-state index is 0.0101. The number of methoxy groups -OCH3 is 1. The minimum atomic E-state index is -0.728. The first-order valence-electron chi connectivity index (χ1n) is 10.0. The lowest BCUT2D eigenvalue weighted by atomic mass is 10.2. The van der Waals surface area contributed by atoms with E-state index in [0.29, 0.717) is 21.8 Å². The number of aromatic nitrogens is 4. The van der Waals surface area contributed by atoms with Crippen LogP contribution in [0.5, 0.6) is 0 Å². The van der Waals surface area contributed by atoms with Gasteiger partial charge in [-0.05, 0) is 35.9 Å². The van der Waals surface area contributed by atoms with Gasteiger partial charge in [-0.1, -0.05) is 29.8 Å². The molecule has 1 N–H and O–H groups in total. The zero-order chi connectivity index (χ0) is 24.2. The maximum absolute atomic E-state index is 13.2. The Morgan fingerprint density at radius 1 is 1.00 bits per heavy atom. The molecule has 0 spiro atoms. The third-order valence-corrected chi connectivity index (χ3v) is 5.39. The summed E-state index contributed by atoms with van der Waals surface area (Å²) in [6.45, 7) is -0.518. The van der Waals surface area contributed by atoms with Crippen molar-refractivity contribution >= 4 is 40.3 Å². The molecule has 34 heavy (non-hydrogen) atoms. The van der Waals surface area contributed by atoms with Crippen LogP contribution < -0.4 is 16.6 Å². The lowest BCUT2D eigenvalue weighted by Gasteiger charge is -2.13. The molecule has 0 aliphatic rings. The van der Waals surface area contributed by atoms with Crippen LogP contribution in [0.25, 0.3) is 11.2 Å². The molecular formula is C23H18ClN5O5. The van der Waals surface area contributed by atoms with E-state index >= 15 is 0 Å². The molecule has 4 aromatic rings. The van der Waals surface area contributed by atoms with Crippen LogP contribution in [0.4, 0.5) is 5.69 Å². The van der Waals surface area contributed by atoms with Crippen molar-refractivity contribution in [3.8, 4) is 0 Å². The van der Waals surface area contributed by atoms with Crippen LogP contribution in [0.1, 0.15) is 15.9 Å². The number of hydrogen-bond acceptors (Lipinski definition) is 7. The molecule has 2 heterocycles. The predicted octanol–water partition coefficient (Wildman–Crippen LogP) is 2.08. The van der Waals surface area contributed by atoms with E-state index in [1.165, 1.54) is 43.8 Å². The third-order valence-electron chi connectivity index (χ3n) is 5.02. The number of halogens is 1. The van der Waals surface area contributed by atoms with E-state index in [1.807, 2.05) is 0 Å². The van der Waals surface area contributed by atoms with E-state index in [9.17, 15) is 19.2 Å². The summed E-state index contributed by atoms with van der Waals surface area (Å²) in [7, 11) is 1.27. The lowest BCUT2D eigenvalue weighted by molar-refractivity contribution is -0.116. The highest BCUT2D eigenvalue weighted by atomic mass is 35.5. The van der Waals surface area contributed by atoms with Gasteiger partial charge >= 0.3 is 11.7 Å². The van der Waals surface area contributed by atoms with Crippen molar-refractivity contribution in [3.63, 3.8) is 0 Å². The van der Waals surface area contributed by atoms with Gasteiger partial charge in [0.2, 0.25) is 5.91 Å². The number of rotatable bonds is 6. The largest absolute Gasteiger partial charge is 0.465 e. The molecule has 0 aliphatic carbocycles. The number of nitrogens with one attached hydrogen (secondary N) is 1. The number of ether oxygens (including phenoxy) is 1. The number of anilines is 1. The van der Waals surface area contributed by atoms with Gasteiger partial charge in [0.15, 0.2) is 11.2 Å². The highest BCUT2D eigenvalue weighted by Crippen LogP contribution is 2.15. The van der Waals surface area contributed by atoms with E-state index in [2.05, 4.69) is 20.0 Å². The molecule has 11 heteroatoms. The van der Waals surface area contributed by atoms with Crippen molar-refractivity contribution in [2.45, 2.75) is 13.1 Å². The van der Waals surface area contributed by atoms with Gasteiger partial charge in [-0.3, -0.25) is 18.7 Å². The van der Waals surface area contributed by atoms with Crippen LogP contribution in [0.15, 0.2) is 70.5 Å². The van der Waals surface area contributed by atoms with Gasteiger partial charge in [0, 0.05) is 23.1 Å². The Labute approximate surface area is 197 Å². The first-order chi connectivity index (χ1) is 16.4. The molecule has 0 radical (unpaired) electrons. The lowest BCUT2D eigenvalue weighted by Crippen LogP contribution is -2.42. The first kappa shape index (κ1) is 22.9. The van der Waals surface area contributed by atoms with Gasteiger partial charge in [0.05, 0.1) is 19.2 Å². The van der Waals surface area contributed by atoms with E-state index in [4.69, 9.17) is 11.6 Å². The van der Waals surface area contributed by atoms with Crippen LogP contribution in [0.3, 0.4) is 0 Å². The number of nitrogens with zero attached hydrogens (tertiary/aromatic N) is 4. The first-order valence-corrected chi connectivity index (χ1v) is 10.4. The molecule has 2 aromatic carbocycles. The molecular weight excluding hydrogens is 462 g/mol. The van der Waals surface area contributed by atoms with Crippen LogP contribution >= 0.6 is 11.6 Å². The number of hydrogen-bond donors (Lipinski definition) is 1. The Bertz CT molecular complexity index is 1510. The number of carbonyl (C=O) groups is 2. The highest BCUT2D eigenvalue weighted by Gasteiger charge is 2.18. The molecule has 172 valence electrons. The van der Waals surface area contributed by atoms with Gasteiger partial charge in [0.25, 0.3) is 5.56 Å². The summed E-state index contributed by atoms with van der Waals surface area (Å²) >= 11 is 6.21. The summed E-state index contributed by atoms with van der Waals surface area (Å²) in [4.78, 5) is 58.7. The second-order valence-corrected chi connectivity index (χ2v) is 7.60. The zero-order valence-corrected chi connectivity index (χ0v) is 18.7. The van der Waals surface area contributed by atoms with Gasteiger partial charge in [0.1, 0.15) is 6.54 Å². The summed E-state index contributed by atoms with van der Waals surface area (Å²) in [5.74, 6) is -1.04. The minimum Gasteiger partial charge on any atom is -0.465 e. The normalized spacial score (nSPS) is 10.8. The number of benzene rings is 2. The van der Waals surface area contributed by atoms with E-state index in [0.717, 1.165) is 9.13 Å². The molecule has 10 nitrogen and oxygen atoms in total. The summed E-state index contributed by atoms with van der Waals surface area (Å²) < 4.78 is 6.70. The quantitative estimate of drug-likeness (QED) is 0.420. The monoisotopic (exact) mass is 479 g/mol. The van der Waals surface area contributed by atoms with Crippen molar-refractivity contribution in [1.82, 2.24) is 19.1 Å². The number of amides is 1. The number of esters is 1. The second kappa shape index (κ2) is 9.67. The average molecular weight is 480 g/mol. The Morgan fingerprint density at radius 2 is 1.71 bits per heavy atom. The fourth-order valence-corrected chi connectivity index (χ4v) is 3.56. The van der Waals surface area contributed by atoms with Crippen LogP contribution in [0.2, 0.25) is 5.02 Å². The van der Waals surface area contributed by atoms with Crippen LogP contribution in [0, 0.1) is 0 Å². The molecule has 0 atom stereocenters. The maximum Gasteiger partial charge on any atom is 0.337 e. The topological polar surface area (TPSA) is 125 Å². The van der Waals surface area contributed by atoms with Gasteiger partial charge in [-0.15, -0.1) is 0 Å². The fraction of sp³-hybridized carbons (Fsp3) is 0.130. The van der Waals surface area contributed by atoms with Crippen molar-refractivity contribution in [2.75, 3.05) is 12.4 Å². The Hall–Kier alpha value is -4.31. The average Bonchev–Trinajstić information content (AvgIpc) is 2.85. The Kier molecular flexibility index (Phi) is 6.51. The standard InChI is InChI=1S/C23H18ClN5O5/c1-34-22(32)14-6-8-16(9-7-14)27-18(30)13-28-20-19(25-10-11-26-20)21(31)29(23(28)33)12-15-4-2-3-5-17(15)24/h2-11H,12-13H2,1H3,(H,27,30).